The van der Waals surface area contributed by atoms with Gasteiger partial charge in [-0.3, -0.25) is 0 Å². The third kappa shape index (κ3) is 4.24. The van der Waals surface area contributed by atoms with E-state index in [-0.39, 0.29) is 5.69 Å². The maximum atomic E-state index is 13.5. The topological polar surface area (TPSA) is 12.9 Å². The Morgan fingerprint density at radius 3 is 2.31 bits per heavy atom. The second-order valence-electron chi connectivity index (χ2n) is 6.58. The molecule has 0 aliphatic carbocycles. The first kappa shape index (κ1) is 18.4. The molecule has 3 aromatic rings. The van der Waals surface area contributed by atoms with E-state index in [1.165, 1.54) is 25.3 Å². The summed E-state index contributed by atoms with van der Waals surface area (Å²) in [5.41, 5.74) is 1.53. The zero-order valence-electron chi connectivity index (χ0n) is 14.8. The molecule has 0 atom stereocenters. The molecule has 0 spiro atoms. The number of aromatic nitrogens is 1. The second kappa shape index (κ2) is 7.90. The Morgan fingerprint density at radius 1 is 0.885 bits per heavy atom. The summed E-state index contributed by atoms with van der Waals surface area (Å²) < 4.78 is 40.6. The van der Waals surface area contributed by atoms with Gasteiger partial charge in [0.1, 0.15) is 0 Å². The predicted molar refractivity (Wildman–Crippen MR) is 100 cm³/mol. The Labute approximate surface area is 151 Å². The van der Waals surface area contributed by atoms with Gasteiger partial charge in [0.25, 0.3) is 0 Å². The number of hydrogen-bond donors (Lipinski definition) is 0. The van der Waals surface area contributed by atoms with Gasteiger partial charge in [-0.15, -0.1) is 0 Å². The SMILES string of the molecule is CCCCCCc1ccc(-c2nc3ccccc3cc2C(F)(F)F)cc1. The van der Waals surface area contributed by atoms with Crippen LogP contribution in [0.3, 0.4) is 0 Å². The van der Waals surface area contributed by atoms with Gasteiger partial charge in [-0.05, 0) is 30.5 Å². The summed E-state index contributed by atoms with van der Waals surface area (Å²) in [6.45, 7) is 2.17. The van der Waals surface area contributed by atoms with Crippen LogP contribution in [0.15, 0.2) is 54.6 Å². The van der Waals surface area contributed by atoms with Crippen LogP contribution >= 0.6 is 0 Å². The van der Waals surface area contributed by atoms with Crippen LogP contribution in [0.5, 0.6) is 0 Å². The first-order chi connectivity index (χ1) is 12.5. The highest BCUT2D eigenvalue weighted by molar-refractivity contribution is 5.83. The Bertz CT molecular complexity index is 867. The maximum absolute atomic E-state index is 13.5. The Balaban J connectivity index is 1.93. The van der Waals surface area contributed by atoms with E-state index < -0.39 is 11.7 Å². The number of rotatable bonds is 6. The van der Waals surface area contributed by atoms with E-state index >= 15 is 0 Å². The van der Waals surface area contributed by atoms with Crippen molar-refractivity contribution >= 4 is 10.9 Å². The van der Waals surface area contributed by atoms with E-state index in [1.807, 2.05) is 12.1 Å². The molecule has 0 saturated carbocycles. The Hall–Kier alpha value is -2.36. The molecule has 0 aliphatic rings. The van der Waals surface area contributed by atoms with Crippen LogP contribution in [-0.4, -0.2) is 4.98 Å². The minimum absolute atomic E-state index is 0.00580. The third-order valence-corrected chi connectivity index (χ3v) is 4.58. The average Bonchev–Trinajstić information content (AvgIpc) is 2.64. The molecular formula is C22H22F3N. The zero-order valence-corrected chi connectivity index (χ0v) is 14.8. The Morgan fingerprint density at radius 2 is 1.62 bits per heavy atom. The molecule has 1 heterocycles. The van der Waals surface area contributed by atoms with Gasteiger partial charge in [-0.25, -0.2) is 4.98 Å². The summed E-state index contributed by atoms with van der Waals surface area (Å²) in [6.07, 6.45) is 1.21. The molecule has 0 bridgehead atoms. The van der Waals surface area contributed by atoms with Crippen LogP contribution in [0, 0.1) is 0 Å². The number of hydrogen-bond acceptors (Lipinski definition) is 1. The van der Waals surface area contributed by atoms with Crippen molar-refractivity contribution in [1.29, 1.82) is 0 Å². The molecule has 2 aromatic carbocycles. The fourth-order valence-electron chi connectivity index (χ4n) is 3.14. The summed E-state index contributed by atoms with van der Waals surface area (Å²) in [5, 5.41) is 0.496. The minimum atomic E-state index is -4.44. The normalized spacial score (nSPS) is 11.8. The van der Waals surface area contributed by atoms with Gasteiger partial charge in [-0.2, -0.15) is 13.2 Å². The summed E-state index contributed by atoms with van der Waals surface area (Å²) in [6, 6.07) is 15.4. The van der Waals surface area contributed by atoms with E-state index in [2.05, 4.69) is 11.9 Å². The number of para-hydroxylation sites is 1. The van der Waals surface area contributed by atoms with Gasteiger partial charge in [-0.1, -0.05) is 68.7 Å². The Kier molecular flexibility index (Phi) is 5.60. The largest absolute Gasteiger partial charge is 0.418 e. The van der Waals surface area contributed by atoms with E-state index in [4.69, 9.17) is 0 Å². The fourth-order valence-corrected chi connectivity index (χ4v) is 3.14. The molecule has 26 heavy (non-hydrogen) atoms. The molecule has 3 rings (SSSR count). The summed E-state index contributed by atoms with van der Waals surface area (Å²) in [5.74, 6) is 0. The number of benzene rings is 2. The molecular weight excluding hydrogens is 335 g/mol. The van der Waals surface area contributed by atoms with Gasteiger partial charge in [0.15, 0.2) is 0 Å². The van der Waals surface area contributed by atoms with Gasteiger partial charge < -0.3 is 0 Å². The fraction of sp³-hybridized carbons (Fsp3) is 0.318. The van der Waals surface area contributed by atoms with Crippen molar-refractivity contribution in [2.45, 2.75) is 45.2 Å². The average molecular weight is 357 g/mol. The lowest BCUT2D eigenvalue weighted by atomic mass is 10.00. The van der Waals surface area contributed by atoms with Crippen molar-refractivity contribution in [2.24, 2.45) is 0 Å². The number of aryl methyl sites for hydroxylation is 1. The summed E-state index contributed by atoms with van der Waals surface area (Å²) in [7, 11) is 0. The highest BCUT2D eigenvalue weighted by atomic mass is 19.4. The first-order valence-electron chi connectivity index (χ1n) is 9.05. The molecule has 0 amide bonds. The van der Waals surface area contributed by atoms with Crippen LogP contribution in [-0.2, 0) is 12.6 Å². The van der Waals surface area contributed by atoms with Crippen LogP contribution in [0.1, 0.15) is 43.7 Å². The first-order valence-corrected chi connectivity index (χ1v) is 9.05. The van der Waals surface area contributed by atoms with E-state index in [0.29, 0.717) is 16.5 Å². The van der Waals surface area contributed by atoms with Crippen molar-refractivity contribution in [2.75, 3.05) is 0 Å². The number of fused-ring (bicyclic) bond motifs is 1. The number of nitrogens with zero attached hydrogens (tertiary/aromatic N) is 1. The van der Waals surface area contributed by atoms with Crippen LogP contribution in [0.25, 0.3) is 22.2 Å². The molecule has 1 aromatic heterocycles. The molecule has 0 fully saturated rings. The van der Waals surface area contributed by atoms with Gasteiger partial charge in [0.2, 0.25) is 0 Å². The second-order valence-corrected chi connectivity index (χ2v) is 6.58. The van der Waals surface area contributed by atoms with Crippen molar-refractivity contribution in [1.82, 2.24) is 4.98 Å². The lowest BCUT2D eigenvalue weighted by molar-refractivity contribution is -0.137. The highest BCUT2D eigenvalue weighted by Crippen LogP contribution is 2.37. The molecule has 0 N–H and O–H groups in total. The molecule has 136 valence electrons. The quantitative estimate of drug-likeness (QED) is 0.431. The van der Waals surface area contributed by atoms with Gasteiger partial charge in [0.05, 0.1) is 16.8 Å². The lowest BCUT2D eigenvalue weighted by Crippen LogP contribution is -2.09. The lowest BCUT2D eigenvalue weighted by Gasteiger charge is -2.14. The number of alkyl halides is 3. The third-order valence-electron chi connectivity index (χ3n) is 4.58. The monoisotopic (exact) mass is 357 g/mol. The van der Waals surface area contributed by atoms with Crippen LogP contribution in [0.4, 0.5) is 13.2 Å². The summed E-state index contributed by atoms with van der Waals surface area (Å²) in [4.78, 5) is 4.31. The van der Waals surface area contributed by atoms with E-state index in [0.717, 1.165) is 18.4 Å². The van der Waals surface area contributed by atoms with E-state index in [9.17, 15) is 13.2 Å². The number of unbranched alkanes of at least 4 members (excludes halogenated alkanes) is 3. The van der Waals surface area contributed by atoms with Gasteiger partial charge >= 0.3 is 6.18 Å². The maximum Gasteiger partial charge on any atom is 0.418 e. The van der Waals surface area contributed by atoms with Crippen molar-refractivity contribution in [3.63, 3.8) is 0 Å². The van der Waals surface area contributed by atoms with Crippen molar-refractivity contribution in [3.8, 4) is 11.3 Å². The van der Waals surface area contributed by atoms with E-state index in [1.54, 1.807) is 36.4 Å². The van der Waals surface area contributed by atoms with Crippen molar-refractivity contribution in [3.05, 3.63) is 65.7 Å². The number of halogens is 3. The number of pyridine rings is 1. The predicted octanol–water partition coefficient (Wildman–Crippen LogP) is 7.04. The molecule has 0 radical (unpaired) electrons. The molecule has 0 saturated heterocycles. The minimum Gasteiger partial charge on any atom is -0.247 e. The molecule has 4 heteroatoms. The standard InChI is InChI=1S/C22H22F3N/c1-2-3-4-5-8-16-11-13-17(14-12-16)21-19(22(23,24)25)15-18-9-6-7-10-20(18)26-21/h6-7,9-15H,2-5,8H2,1H3. The summed E-state index contributed by atoms with van der Waals surface area (Å²) >= 11 is 0. The highest BCUT2D eigenvalue weighted by Gasteiger charge is 2.35. The molecule has 0 aliphatic heterocycles. The van der Waals surface area contributed by atoms with Gasteiger partial charge in [0, 0.05) is 10.9 Å². The zero-order chi connectivity index (χ0) is 18.6. The van der Waals surface area contributed by atoms with Crippen LogP contribution in [0.2, 0.25) is 0 Å². The molecule has 0 unspecified atom stereocenters. The smallest absolute Gasteiger partial charge is 0.247 e. The van der Waals surface area contributed by atoms with Crippen molar-refractivity contribution < 1.29 is 13.2 Å². The molecule has 1 nitrogen and oxygen atoms in total. The van der Waals surface area contributed by atoms with Crippen LogP contribution < -0.4 is 0 Å².